The van der Waals surface area contributed by atoms with Gasteiger partial charge in [-0.2, -0.15) is 0 Å². The Balaban J connectivity index is 1.81. The molecule has 0 aliphatic carbocycles. The van der Waals surface area contributed by atoms with E-state index in [2.05, 4.69) is 61.9 Å². The van der Waals surface area contributed by atoms with E-state index in [1.807, 2.05) is 57.8 Å². The highest BCUT2D eigenvalue weighted by Crippen LogP contribution is 2.35. The lowest BCUT2D eigenvalue weighted by Crippen LogP contribution is -2.61. The highest BCUT2D eigenvalue weighted by atomic mass is 16.2. The van der Waals surface area contributed by atoms with Gasteiger partial charge in [0.05, 0.1) is 6.04 Å². The summed E-state index contributed by atoms with van der Waals surface area (Å²) < 4.78 is 0. The Morgan fingerprint density at radius 2 is 1.63 bits per heavy atom. The van der Waals surface area contributed by atoms with Crippen LogP contribution in [0.5, 0.6) is 0 Å². The predicted octanol–water partition coefficient (Wildman–Crippen LogP) is 5.87. The number of carbonyl (C=O) groups is 3. The lowest BCUT2D eigenvalue weighted by molar-refractivity contribution is -0.144. The van der Waals surface area contributed by atoms with Crippen LogP contribution in [0.15, 0.2) is 30.3 Å². The lowest BCUT2D eigenvalue weighted by Gasteiger charge is -2.44. The fourth-order valence-electron chi connectivity index (χ4n) is 7.31. The van der Waals surface area contributed by atoms with E-state index in [1.54, 1.807) is 0 Å². The second-order valence-corrected chi connectivity index (χ2v) is 15.1. The van der Waals surface area contributed by atoms with Crippen LogP contribution in [0.1, 0.15) is 106 Å². The van der Waals surface area contributed by atoms with Crippen LogP contribution in [-0.4, -0.2) is 83.3 Å². The van der Waals surface area contributed by atoms with Crippen molar-refractivity contribution in [2.24, 2.45) is 17.3 Å². The summed E-state index contributed by atoms with van der Waals surface area (Å²) in [6.07, 6.45) is 5.83. The van der Waals surface area contributed by atoms with E-state index < -0.39 is 11.5 Å². The monoisotopic (exact) mass is 596 g/mol. The first-order valence-corrected chi connectivity index (χ1v) is 16.8. The number of nitrogens with zero attached hydrogens (tertiary/aromatic N) is 3. The summed E-state index contributed by atoms with van der Waals surface area (Å²) in [5.41, 5.74) is 0.245. The number of piperidine rings is 1. The van der Waals surface area contributed by atoms with Gasteiger partial charge in [0.2, 0.25) is 17.7 Å². The molecule has 1 aromatic carbocycles. The Hall–Kier alpha value is -2.41. The molecule has 0 unspecified atom stereocenters. The summed E-state index contributed by atoms with van der Waals surface area (Å²) in [6.45, 7) is 21.2. The Bertz CT molecular complexity index is 1080. The van der Waals surface area contributed by atoms with Crippen LogP contribution < -0.4 is 5.32 Å². The average molecular weight is 597 g/mol. The van der Waals surface area contributed by atoms with Crippen LogP contribution in [0.2, 0.25) is 0 Å². The molecular weight excluding hydrogens is 536 g/mol. The van der Waals surface area contributed by atoms with Crippen LogP contribution in [0.3, 0.4) is 0 Å². The van der Waals surface area contributed by atoms with Gasteiger partial charge in [-0.25, -0.2) is 0 Å². The standard InChI is InChI=1S/C36H60N4O3/c1-11-28(36(8,9)27-19-13-12-14-20-27)32(41)37-31(35(5,6)7)34(43)38(10)30(25(2)3)24-39-22-16-15-21-29(39)33(42)40-23-17-18-26(40)4/h12-14,19-20,25-26,28-31H,11,15-18,21-24H2,1-10H3,(H,37,41)/t26-,28-,29+,30-,31-/m1/s1. The van der Waals surface area contributed by atoms with E-state index in [0.29, 0.717) is 19.0 Å². The summed E-state index contributed by atoms with van der Waals surface area (Å²) in [4.78, 5) is 48.2. The Morgan fingerprint density at radius 1 is 0.977 bits per heavy atom. The van der Waals surface area contributed by atoms with Gasteiger partial charge in [0.15, 0.2) is 0 Å². The molecule has 2 heterocycles. The first kappa shape index (κ1) is 35.1. The number of benzene rings is 1. The molecule has 2 aliphatic rings. The highest BCUT2D eigenvalue weighted by molar-refractivity contribution is 5.90. The fraction of sp³-hybridized carbons (Fsp3) is 0.750. The van der Waals surface area contributed by atoms with Crippen LogP contribution in [0.4, 0.5) is 0 Å². The number of hydrogen-bond donors (Lipinski definition) is 1. The maximum absolute atomic E-state index is 14.3. The summed E-state index contributed by atoms with van der Waals surface area (Å²) in [5, 5.41) is 3.23. The molecule has 7 nitrogen and oxygen atoms in total. The smallest absolute Gasteiger partial charge is 0.245 e. The van der Waals surface area contributed by atoms with Crippen LogP contribution in [0, 0.1) is 17.3 Å². The fourth-order valence-corrected chi connectivity index (χ4v) is 7.31. The van der Waals surface area contributed by atoms with Crippen molar-refractivity contribution in [3.05, 3.63) is 35.9 Å². The average Bonchev–Trinajstić information content (AvgIpc) is 3.39. The molecule has 3 rings (SSSR count). The number of carbonyl (C=O) groups excluding carboxylic acids is 3. The van der Waals surface area contributed by atoms with Crippen LogP contribution in [-0.2, 0) is 19.8 Å². The van der Waals surface area contributed by atoms with Gasteiger partial charge in [0.25, 0.3) is 0 Å². The van der Waals surface area contributed by atoms with Crippen molar-refractivity contribution in [2.45, 2.75) is 130 Å². The lowest BCUT2D eigenvalue weighted by atomic mass is 9.71. The first-order chi connectivity index (χ1) is 20.1. The number of nitrogens with one attached hydrogen (secondary N) is 1. The molecule has 1 aromatic rings. The molecule has 2 aliphatic heterocycles. The molecule has 2 saturated heterocycles. The predicted molar refractivity (Wildman–Crippen MR) is 176 cm³/mol. The number of likely N-dealkylation sites (N-methyl/N-ethyl adjacent to an activating group) is 1. The largest absolute Gasteiger partial charge is 0.344 e. The van der Waals surface area contributed by atoms with Crippen molar-refractivity contribution >= 4 is 17.7 Å². The molecule has 0 aromatic heterocycles. The van der Waals surface area contributed by atoms with Crippen LogP contribution in [0.25, 0.3) is 0 Å². The minimum absolute atomic E-state index is 0.0695. The van der Waals surface area contributed by atoms with Gasteiger partial charge in [-0.3, -0.25) is 19.3 Å². The summed E-state index contributed by atoms with van der Waals surface area (Å²) in [6, 6.07) is 9.59. The SMILES string of the molecule is CC[C@H](C(=O)N[C@H](C(=O)N(C)[C@H](CN1CCCC[C@H]1C(=O)N1CCC[C@H]1C)C(C)C)C(C)(C)C)C(C)(C)c1ccccc1. The van der Waals surface area contributed by atoms with Gasteiger partial charge in [-0.1, -0.05) is 92.1 Å². The van der Waals surface area contributed by atoms with E-state index >= 15 is 0 Å². The number of likely N-dealkylation sites (tertiary alicyclic amines) is 2. The van der Waals surface area contributed by atoms with Gasteiger partial charge >= 0.3 is 0 Å². The zero-order valence-electron chi connectivity index (χ0n) is 28.8. The Kier molecular flexibility index (Phi) is 11.9. The van der Waals surface area contributed by atoms with Gasteiger partial charge < -0.3 is 15.1 Å². The molecule has 0 radical (unpaired) electrons. The van der Waals surface area contributed by atoms with Gasteiger partial charge in [-0.05, 0) is 62.5 Å². The highest BCUT2D eigenvalue weighted by Gasteiger charge is 2.43. The van der Waals surface area contributed by atoms with Crippen molar-refractivity contribution in [2.75, 3.05) is 26.7 Å². The minimum Gasteiger partial charge on any atom is -0.344 e. The van der Waals surface area contributed by atoms with E-state index in [1.165, 1.54) is 0 Å². The van der Waals surface area contributed by atoms with Crippen molar-refractivity contribution < 1.29 is 14.4 Å². The van der Waals surface area contributed by atoms with E-state index in [9.17, 15) is 14.4 Å². The Labute approximate surface area is 262 Å². The zero-order valence-corrected chi connectivity index (χ0v) is 28.8. The van der Waals surface area contributed by atoms with E-state index in [0.717, 1.165) is 50.8 Å². The second kappa shape index (κ2) is 14.6. The molecule has 0 saturated carbocycles. The molecule has 0 spiro atoms. The first-order valence-electron chi connectivity index (χ1n) is 16.8. The number of hydrogen-bond acceptors (Lipinski definition) is 4. The van der Waals surface area contributed by atoms with E-state index in [4.69, 9.17) is 0 Å². The Morgan fingerprint density at radius 3 is 2.16 bits per heavy atom. The molecule has 1 N–H and O–H groups in total. The third kappa shape index (κ3) is 8.20. The van der Waals surface area contributed by atoms with Gasteiger partial charge in [0.1, 0.15) is 6.04 Å². The molecule has 3 amide bonds. The van der Waals surface area contributed by atoms with Crippen molar-refractivity contribution in [1.29, 1.82) is 0 Å². The number of rotatable bonds is 11. The number of amides is 3. The third-order valence-electron chi connectivity index (χ3n) is 10.3. The molecule has 7 heteroatoms. The summed E-state index contributed by atoms with van der Waals surface area (Å²) >= 11 is 0. The molecule has 0 bridgehead atoms. The molecular formula is C36H60N4O3. The van der Waals surface area contributed by atoms with Crippen molar-refractivity contribution in [3.63, 3.8) is 0 Å². The van der Waals surface area contributed by atoms with Crippen molar-refractivity contribution in [1.82, 2.24) is 20.0 Å². The maximum Gasteiger partial charge on any atom is 0.245 e. The zero-order chi connectivity index (χ0) is 32.1. The quantitative estimate of drug-likeness (QED) is 0.347. The summed E-state index contributed by atoms with van der Waals surface area (Å²) in [7, 11) is 1.88. The minimum atomic E-state index is -0.670. The van der Waals surface area contributed by atoms with Crippen LogP contribution >= 0.6 is 0 Å². The van der Waals surface area contributed by atoms with Gasteiger partial charge in [0, 0.05) is 43.6 Å². The maximum atomic E-state index is 14.3. The molecule has 2 fully saturated rings. The topological polar surface area (TPSA) is 73.0 Å². The second-order valence-electron chi connectivity index (χ2n) is 15.1. The van der Waals surface area contributed by atoms with E-state index in [-0.39, 0.29) is 47.1 Å². The normalized spacial score (nSPS) is 22.3. The third-order valence-corrected chi connectivity index (χ3v) is 10.3. The molecule has 43 heavy (non-hydrogen) atoms. The summed E-state index contributed by atoms with van der Waals surface area (Å²) in [5.74, 6) is 0.00842. The molecule has 5 atom stereocenters. The molecule has 242 valence electrons. The van der Waals surface area contributed by atoms with Crippen molar-refractivity contribution in [3.8, 4) is 0 Å². The van der Waals surface area contributed by atoms with Gasteiger partial charge in [-0.15, -0.1) is 0 Å².